The Morgan fingerprint density at radius 2 is 1.82 bits per heavy atom. The SMILES string of the molecule is O=C(Nc1ccc(OC(F)F)c(Cl)c1)N1CCC(C2CCCNC2)CC1.O=C(O)C(F)(F)F. The van der Waals surface area contributed by atoms with Gasteiger partial charge in [-0.15, -0.1) is 0 Å². The first kappa shape index (κ1) is 26.9. The molecule has 7 nitrogen and oxygen atoms in total. The molecule has 2 saturated heterocycles. The summed E-state index contributed by atoms with van der Waals surface area (Å²) < 4.78 is 60.6. The lowest BCUT2D eigenvalue weighted by Crippen LogP contribution is -2.44. The van der Waals surface area contributed by atoms with Gasteiger partial charge in [0, 0.05) is 18.8 Å². The van der Waals surface area contributed by atoms with Crippen LogP contribution in [0.1, 0.15) is 25.7 Å². The minimum Gasteiger partial charge on any atom is -0.475 e. The molecule has 2 aliphatic heterocycles. The van der Waals surface area contributed by atoms with Crippen LogP contribution < -0.4 is 15.4 Å². The summed E-state index contributed by atoms with van der Waals surface area (Å²) in [6.07, 6.45) is -0.545. The summed E-state index contributed by atoms with van der Waals surface area (Å²) in [7, 11) is 0. The Bertz CT molecular complexity index is 798. The molecule has 0 bridgehead atoms. The Balaban J connectivity index is 0.000000479. The van der Waals surface area contributed by atoms with Gasteiger partial charge in [0.25, 0.3) is 0 Å². The number of hydrogen-bond donors (Lipinski definition) is 3. The van der Waals surface area contributed by atoms with E-state index in [9.17, 15) is 26.7 Å². The molecular formula is C20H25ClF5N3O4. The van der Waals surface area contributed by atoms with E-state index in [1.165, 1.54) is 31.0 Å². The van der Waals surface area contributed by atoms with E-state index in [1.54, 1.807) is 4.90 Å². The highest BCUT2D eigenvalue weighted by Crippen LogP contribution is 2.31. The number of carboxylic acids is 1. The minimum absolute atomic E-state index is 0.0339. The molecule has 1 aromatic rings. The molecule has 33 heavy (non-hydrogen) atoms. The number of aliphatic carboxylic acids is 1. The fraction of sp³-hybridized carbons (Fsp3) is 0.600. The van der Waals surface area contributed by atoms with Gasteiger partial charge in [0.1, 0.15) is 5.75 Å². The van der Waals surface area contributed by atoms with Gasteiger partial charge in [-0.1, -0.05) is 11.6 Å². The quantitative estimate of drug-likeness (QED) is 0.515. The first-order chi connectivity index (χ1) is 15.5. The molecule has 3 N–H and O–H groups in total. The van der Waals surface area contributed by atoms with Gasteiger partial charge < -0.3 is 25.4 Å². The van der Waals surface area contributed by atoms with Gasteiger partial charge in [0.2, 0.25) is 0 Å². The van der Waals surface area contributed by atoms with Crippen molar-refractivity contribution in [1.82, 2.24) is 10.2 Å². The number of likely N-dealkylation sites (tertiary alicyclic amines) is 1. The summed E-state index contributed by atoms with van der Waals surface area (Å²) in [4.78, 5) is 23.1. The highest BCUT2D eigenvalue weighted by atomic mass is 35.5. The summed E-state index contributed by atoms with van der Waals surface area (Å²) in [5.74, 6) is -1.48. The number of carboxylic acid groups (broad SMARTS) is 1. The average molecular weight is 502 g/mol. The molecule has 186 valence electrons. The number of hydrogen-bond acceptors (Lipinski definition) is 4. The maximum Gasteiger partial charge on any atom is 0.490 e. The van der Waals surface area contributed by atoms with Crippen LogP contribution in [0.15, 0.2) is 18.2 Å². The van der Waals surface area contributed by atoms with Gasteiger partial charge >= 0.3 is 24.8 Å². The maximum absolute atomic E-state index is 12.4. The molecule has 13 heteroatoms. The predicted molar refractivity (Wildman–Crippen MR) is 111 cm³/mol. The molecule has 2 amide bonds. The van der Waals surface area contributed by atoms with E-state index in [0.29, 0.717) is 11.6 Å². The van der Waals surface area contributed by atoms with Crippen LogP contribution in [0.2, 0.25) is 5.02 Å². The Hall–Kier alpha value is -2.34. The highest BCUT2D eigenvalue weighted by molar-refractivity contribution is 6.32. The van der Waals surface area contributed by atoms with Gasteiger partial charge in [-0.25, -0.2) is 9.59 Å². The lowest BCUT2D eigenvalue weighted by molar-refractivity contribution is -0.192. The zero-order valence-electron chi connectivity index (χ0n) is 17.5. The van der Waals surface area contributed by atoms with Crippen molar-refractivity contribution in [2.75, 3.05) is 31.5 Å². The van der Waals surface area contributed by atoms with Crippen LogP contribution in [-0.4, -0.2) is 61.0 Å². The van der Waals surface area contributed by atoms with Crippen LogP contribution in [-0.2, 0) is 4.79 Å². The summed E-state index contributed by atoms with van der Waals surface area (Å²) >= 11 is 5.92. The third-order valence-electron chi connectivity index (χ3n) is 5.47. The Morgan fingerprint density at radius 3 is 2.30 bits per heavy atom. The molecule has 0 radical (unpaired) electrons. The standard InChI is InChI=1S/C18H24ClF2N3O2.C2HF3O2/c19-15-10-14(3-4-16(15)26-17(20)21)23-18(25)24-8-5-12(6-9-24)13-2-1-7-22-11-13;3-2(4,5)1(6)7/h3-4,10,12-13,17,22H,1-2,5-9,11H2,(H,23,25);(H,6,7). The van der Waals surface area contributed by atoms with Crippen molar-refractivity contribution in [3.63, 3.8) is 0 Å². The fourth-order valence-corrected chi connectivity index (χ4v) is 4.05. The number of amides is 2. The summed E-state index contributed by atoms with van der Waals surface area (Å²) in [5.41, 5.74) is 0.459. The normalized spacial score (nSPS) is 19.5. The van der Waals surface area contributed by atoms with Crippen LogP contribution in [0, 0.1) is 11.8 Å². The molecule has 1 unspecified atom stereocenters. The second kappa shape index (κ2) is 12.2. The van der Waals surface area contributed by atoms with Gasteiger partial charge in [0.15, 0.2) is 0 Å². The lowest BCUT2D eigenvalue weighted by atomic mass is 9.80. The molecule has 0 aliphatic carbocycles. The van der Waals surface area contributed by atoms with E-state index in [1.807, 2.05) is 0 Å². The number of nitrogens with zero attached hydrogens (tertiary/aromatic N) is 1. The largest absolute Gasteiger partial charge is 0.490 e. The van der Waals surface area contributed by atoms with Gasteiger partial charge in [-0.2, -0.15) is 22.0 Å². The number of benzene rings is 1. The number of carbonyl (C=O) groups is 2. The van der Waals surface area contributed by atoms with Crippen molar-refractivity contribution in [2.24, 2.45) is 11.8 Å². The topological polar surface area (TPSA) is 90.9 Å². The molecule has 1 atom stereocenters. The number of urea groups is 1. The molecule has 0 spiro atoms. The third kappa shape index (κ3) is 8.84. The van der Waals surface area contributed by atoms with Crippen molar-refractivity contribution < 1.29 is 41.4 Å². The first-order valence-corrected chi connectivity index (χ1v) is 10.7. The van der Waals surface area contributed by atoms with Crippen LogP contribution >= 0.6 is 11.6 Å². The molecule has 3 rings (SSSR count). The molecular weight excluding hydrogens is 477 g/mol. The zero-order valence-corrected chi connectivity index (χ0v) is 18.3. The van der Waals surface area contributed by atoms with Crippen LogP contribution in [0.5, 0.6) is 5.75 Å². The monoisotopic (exact) mass is 501 g/mol. The Morgan fingerprint density at radius 1 is 1.18 bits per heavy atom. The molecule has 0 aromatic heterocycles. The van der Waals surface area contributed by atoms with Crippen LogP contribution in [0.25, 0.3) is 0 Å². The fourth-order valence-electron chi connectivity index (χ4n) is 3.83. The highest BCUT2D eigenvalue weighted by Gasteiger charge is 2.38. The van der Waals surface area contributed by atoms with Gasteiger partial charge in [-0.3, -0.25) is 0 Å². The number of anilines is 1. The summed E-state index contributed by atoms with van der Waals surface area (Å²) in [6, 6.07) is 4.05. The number of nitrogens with one attached hydrogen (secondary N) is 2. The smallest absolute Gasteiger partial charge is 0.475 e. The number of carbonyl (C=O) groups excluding carboxylic acids is 1. The maximum atomic E-state index is 12.4. The Labute approximate surface area is 192 Å². The summed E-state index contributed by atoms with van der Waals surface area (Å²) in [5, 5.41) is 13.4. The number of ether oxygens (including phenoxy) is 1. The molecule has 0 saturated carbocycles. The molecule has 2 fully saturated rings. The van der Waals surface area contributed by atoms with Crippen molar-refractivity contribution in [3.05, 3.63) is 23.2 Å². The van der Waals surface area contributed by atoms with Gasteiger partial charge in [0.05, 0.1) is 5.02 Å². The van der Waals surface area contributed by atoms with E-state index in [-0.39, 0.29) is 16.8 Å². The minimum atomic E-state index is -5.08. The lowest BCUT2D eigenvalue weighted by Gasteiger charge is -2.37. The average Bonchev–Trinajstić information content (AvgIpc) is 2.76. The van der Waals surface area contributed by atoms with Crippen LogP contribution in [0.4, 0.5) is 32.4 Å². The van der Waals surface area contributed by atoms with E-state index in [4.69, 9.17) is 21.5 Å². The van der Waals surface area contributed by atoms with Crippen LogP contribution in [0.3, 0.4) is 0 Å². The molecule has 2 heterocycles. The van der Waals surface area contributed by atoms with Crippen molar-refractivity contribution in [2.45, 2.75) is 38.5 Å². The Kier molecular flexibility index (Phi) is 9.96. The molecule has 2 aliphatic rings. The predicted octanol–water partition coefficient (Wildman–Crippen LogP) is 4.82. The van der Waals surface area contributed by atoms with Gasteiger partial charge in [-0.05, 0) is 68.8 Å². The number of halogens is 6. The van der Waals surface area contributed by atoms with Crippen molar-refractivity contribution in [1.29, 1.82) is 0 Å². The van der Waals surface area contributed by atoms with E-state index >= 15 is 0 Å². The number of piperidine rings is 2. The first-order valence-electron chi connectivity index (χ1n) is 10.3. The van der Waals surface area contributed by atoms with Crippen molar-refractivity contribution in [3.8, 4) is 5.75 Å². The van der Waals surface area contributed by atoms with Crippen molar-refractivity contribution >= 4 is 29.3 Å². The van der Waals surface area contributed by atoms with E-state index in [2.05, 4.69) is 15.4 Å². The van der Waals surface area contributed by atoms with E-state index in [0.717, 1.165) is 44.9 Å². The molecule has 1 aromatic carbocycles. The van der Waals surface area contributed by atoms with E-state index < -0.39 is 18.8 Å². The second-order valence-corrected chi connectivity index (χ2v) is 8.09. The third-order valence-corrected chi connectivity index (χ3v) is 5.77. The second-order valence-electron chi connectivity index (χ2n) is 7.69. The number of alkyl halides is 5. The zero-order chi connectivity index (χ0) is 24.6. The number of rotatable bonds is 4. The summed E-state index contributed by atoms with van der Waals surface area (Å²) in [6.45, 7) is 0.721.